The van der Waals surface area contributed by atoms with Crippen molar-refractivity contribution in [3.8, 4) is 0 Å². The van der Waals surface area contributed by atoms with Gasteiger partial charge in [0.25, 0.3) is 0 Å². The molecule has 1 aromatic rings. The maximum Gasteiger partial charge on any atom is 0.232 e. The summed E-state index contributed by atoms with van der Waals surface area (Å²) in [7, 11) is 0. The van der Waals surface area contributed by atoms with Gasteiger partial charge in [-0.05, 0) is 26.7 Å². The Morgan fingerprint density at radius 3 is 2.40 bits per heavy atom. The average Bonchev–Trinajstić information content (AvgIpc) is 2.78. The lowest BCUT2D eigenvalue weighted by Crippen LogP contribution is -2.43. The number of morpholine rings is 1. The number of ether oxygens (including phenoxy) is 1. The normalized spacial score (nSPS) is 25.0. The van der Waals surface area contributed by atoms with E-state index in [2.05, 4.69) is 38.6 Å². The van der Waals surface area contributed by atoms with Crippen LogP contribution in [0.3, 0.4) is 0 Å². The summed E-state index contributed by atoms with van der Waals surface area (Å²) in [4.78, 5) is 17.4. The van der Waals surface area contributed by atoms with Gasteiger partial charge >= 0.3 is 0 Å². The quantitative estimate of drug-likeness (QED) is 0.866. The minimum absolute atomic E-state index is 0.288. The molecule has 2 N–H and O–H groups in total. The molecule has 7 heteroatoms. The van der Waals surface area contributed by atoms with E-state index in [4.69, 9.17) is 10.5 Å². The zero-order valence-corrected chi connectivity index (χ0v) is 12.1. The van der Waals surface area contributed by atoms with Gasteiger partial charge in [-0.3, -0.25) is 0 Å². The highest BCUT2D eigenvalue weighted by molar-refractivity contribution is 5.44. The highest BCUT2D eigenvalue weighted by Crippen LogP contribution is 2.28. The fraction of sp³-hybridized carbons (Fsp3) is 0.769. The van der Waals surface area contributed by atoms with Crippen LogP contribution in [0.4, 0.5) is 17.8 Å². The number of nitrogens with two attached hydrogens (primary N) is 1. The van der Waals surface area contributed by atoms with Crippen molar-refractivity contribution >= 4 is 17.8 Å². The van der Waals surface area contributed by atoms with Crippen molar-refractivity contribution in [2.45, 2.75) is 38.9 Å². The first-order chi connectivity index (χ1) is 9.69. The van der Waals surface area contributed by atoms with Crippen LogP contribution in [0.5, 0.6) is 0 Å². The van der Waals surface area contributed by atoms with Gasteiger partial charge in [0.15, 0.2) is 0 Å². The second kappa shape index (κ2) is 5.40. The van der Waals surface area contributed by atoms with Crippen molar-refractivity contribution < 1.29 is 4.74 Å². The summed E-state index contributed by atoms with van der Waals surface area (Å²) in [5.41, 5.74) is 5.85. The largest absolute Gasteiger partial charge is 0.371 e. The fourth-order valence-corrected chi connectivity index (χ4v) is 2.94. The molecule has 0 saturated carbocycles. The van der Waals surface area contributed by atoms with E-state index >= 15 is 0 Å². The third-order valence-electron chi connectivity index (χ3n) is 4.00. The minimum atomic E-state index is 0.288. The Hall–Kier alpha value is -1.63. The van der Waals surface area contributed by atoms with Crippen LogP contribution in [-0.4, -0.2) is 53.3 Å². The van der Waals surface area contributed by atoms with Gasteiger partial charge in [0, 0.05) is 26.2 Å². The van der Waals surface area contributed by atoms with Crippen molar-refractivity contribution in [3.05, 3.63) is 0 Å². The predicted octanol–water partition coefficient (Wildman–Crippen LogP) is 0.668. The third-order valence-corrected chi connectivity index (χ3v) is 4.00. The highest BCUT2D eigenvalue weighted by Gasteiger charge is 2.35. The zero-order chi connectivity index (χ0) is 14.1. The lowest BCUT2D eigenvalue weighted by Gasteiger charge is -2.32. The van der Waals surface area contributed by atoms with Crippen LogP contribution >= 0.6 is 0 Å². The van der Waals surface area contributed by atoms with Gasteiger partial charge in [-0.15, -0.1) is 0 Å². The highest BCUT2D eigenvalue weighted by atomic mass is 16.5. The van der Waals surface area contributed by atoms with Gasteiger partial charge < -0.3 is 20.3 Å². The number of nitrogen functional groups attached to an aromatic ring is 1. The summed E-state index contributed by atoms with van der Waals surface area (Å²) in [6.07, 6.45) is 2.88. The Labute approximate surface area is 119 Å². The SMILES string of the molecule is CCN(CC)c1nc(N)nc(N2CC3CCC(C2)O3)n1. The number of fused-ring (bicyclic) bond motifs is 2. The van der Waals surface area contributed by atoms with Crippen molar-refractivity contribution in [2.75, 3.05) is 41.7 Å². The molecule has 2 aliphatic rings. The van der Waals surface area contributed by atoms with Crippen molar-refractivity contribution in [1.29, 1.82) is 0 Å². The molecule has 2 unspecified atom stereocenters. The molecule has 0 amide bonds. The van der Waals surface area contributed by atoms with Crippen LogP contribution < -0.4 is 15.5 Å². The molecular formula is C13H22N6O. The van der Waals surface area contributed by atoms with Crippen LogP contribution in [0, 0.1) is 0 Å². The molecule has 0 aliphatic carbocycles. The van der Waals surface area contributed by atoms with E-state index < -0.39 is 0 Å². The molecule has 2 atom stereocenters. The first-order valence-corrected chi connectivity index (χ1v) is 7.36. The maximum absolute atomic E-state index is 5.85. The third kappa shape index (κ3) is 2.49. The Morgan fingerprint density at radius 2 is 1.80 bits per heavy atom. The Morgan fingerprint density at radius 1 is 1.15 bits per heavy atom. The van der Waals surface area contributed by atoms with E-state index in [-0.39, 0.29) is 5.95 Å². The molecule has 7 nitrogen and oxygen atoms in total. The van der Waals surface area contributed by atoms with Crippen LogP contribution in [0.1, 0.15) is 26.7 Å². The Bertz CT molecular complexity index is 466. The predicted molar refractivity (Wildman–Crippen MR) is 77.9 cm³/mol. The smallest absolute Gasteiger partial charge is 0.232 e. The van der Waals surface area contributed by atoms with Gasteiger partial charge in [0.1, 0.15) is 0 Å². The molecule has 2 fully saturated rings. The number of rotatable bonds is 4. The molecule has 0 aromatic carbocycles. The second-order valence-electron chi connectivity index (χ2n) is 5.33. The van der Waals surface area contributed by atoms with Gasteiger partial charge in [-0.25, -0.2) is 0 Å². The van der Waals surface area contributed by atoms with E-state index in [9.17, 15) is 0 Å². The topological polar surface area (TPSA) is 80.4 Å². The number of hydrogen-bond acceptors (Lipinski definition) is 7. The molecule has 20 heavy (non-hydrogen) atoms. The molecule has 0 radical (unpaired) electrons. The summed E-state index contributed by atoms with van der Waals surface area (Å²) >= 11 is 0. The van der Waals surface area contributed by atoms with Gasteiger partial charge in [-0.2, -0.15) is 15.0 Å². The molecule has 2 bridgehead atoms. The maximum atomic E-state index is 5.85. The molecule has 110 valence electrons. The van der Waals surface area contributed by atoms with Crippen molar-refractivity contribution in [3.63, 3.8) is 0 Å². The van der Waals surface area contributed by atoms with E-state index in [0.29, 0.717) is 24.1 Å². The summed E-state index contributed by atoms with van der Waals surface area (Å²) < 4.78 is 5.84. The first kappa shape index (κ1) is 13.4. The standard InChI is InChI=1S/C13H22N6O/c1-3-18(4-2)12-15-11(14)16-13(17-12)19-7-9-5-6-10(8-19)20-9/h9-10H,3-8H2,1-2H3,(H2,14,15,16,17). The number of nitrogens with zero attached hydrogens (tertiary/aromatic N) is 5. The van der Waals surface area contributed by atoms with Crippen LogP contribution in [0.15, 0.2) is 0 Å². The van der Waals surface area contributed by atoms with Gasteiger partial charge in [0.05, 0.1) is 12.2 Å². The molecule has 3 rings (SSSR count). The number of anilines is 3. The van der Waals surface area contributed by atoms with E-state index in [0.717, 1.165) is 39.0 Å². The monoisotopic (exact) mass is 278 g/mol. The van der Waals surface area contributed by atoms with E-state index in [1.165, 1.54) is 0 Å². The molecule has 0 spiro atoms. The summed E-state index contributed by atoms with van der Waals surface area (Å²) in [5, 5.41) is 0. The number of aromatic nitrogens is 3. The van der Waals surface area contributed by atoms with Gasteiger partial charge in [0.2, 0.25) is 17.8 Å². The summed E-state index contributed by atoms with van der Waals surface area (Å²) in [5.74, 6) is 1.63. The molecule has 2 saturated heterocycles. The Balaban J connectivity index is 1.85. The molecule has 3 heterocycles. The molecular weight excluding hydrogens is 256 g/mol. The summed E-state index contributed by atoms with van der Waals surface area (Å²) in [6.45, 7) is 7.56. The number of hydrogen-bond donors (Lipinski definition) is 1. The zero-order valence-electron chi connectivity index (χ0n) is 12.1. The molecule has 1 aromatic heterocycles. The first-order valence-electron chi connectivity index (χ1n) is 7.36. The lowest BCUT2D eigenvalue weighted by molar-refractivity contribution is 0.0299. The summed E-state index contributed by atoms with van der Waals surface area (Å²) in [6, 6.07) is 0. The van der Waals surface area contributed by atoms with E-state index in [1.807, 2.05) is 0 Å². The lowest BCUT2D eigenvalue weighted by atomic mass is 10.2. The average molecular weight is 278 g/mol. The van der Waals surface area contributed by atoms with Crippen LogP contribution in [-0.2, 0) is 4.74 Å². The Kier molecular flexibility index (Phi) is 3.60. The fourth-order valence-electron chi connectivity index (χ4n) is 2.94. The van der Waals surface area contributed by atoms with E-state index in [1.54, 1.807) is 0 Å². The van der Waals surface area contributed by atoms with Crippen molar-refractivity contribution in [1.82, 2.24) is 15.0 Å². The van der Waals surface area contributed by atoms with Crippen molar-refractivity contribution in [2.24, 2.45) is 0 Å². The van der Waals surface area contributed by atoms with Gasteiger partial charge in [-0.1, -0.05) is 0 Å². The minimum Gasteiger partial charge on any atom is -0.371 e. The second-order valence-corrected chi connectivity index (χ2v) is 5.33. The van der Waals surface area contributed by atoms with Crippen LogP contribution in [0.2, 0.25) is 0 Å². The molecule has 2 aliphatic heterocycles. The van der Waals surface area contributed by atoms with Crippen LogP contribution in [0.25, 0.3) is 0 Å².